The van der Waals surface area contributed by atoms with Gasteiger partial charge in [-0.05, 0) is 23.6 Å². The highest BCUT2D eigenvalue weighted by molar-refractivity contribution is 5.94. The van der Waals surface area contributed by atoms with E-state index in [1.165, 1.54) is 0 Å². The predicted octanol–water partition coefficient (Wildman–Crippen LogP) is 1.77. The molecule has 1 aliphatic rings. The second kappa shape index (κ2) is 5.47. The van der Waals surface area contributed by atoms with Gasteiger partial charge in [0.1, 0.15) is 19.0 Å². The Morgan fingerprint density at radius 3 is 2.76 bits per heavy atom. The van der Waals surface area contributed by atoms with Crippen molar-refractivity contribution in [3.05, 3.63) is 24.4 Å². The quantitative estimate of drug-likeness (QED) is 0.661. The molecule has 0 saturated heterocycles. The molecule has 1 aliphatic heterocycles. The van der Waals surface area contributed by atoms with Gasteiger partial charge in [-0.15, -0.1) is 0 Å². The van der Waals surface area contributed by atoms with Crippen LogP contribution in [-0.4, -0.2) is 37.6 Å². The average Bonchev–Trinajstić information content (AvgIpc) is 2.50. The summed E-state index contributed by atoms with van der Waals surface area (Å²) in [4.78, 5) is 6.45. The summed E-state index contributed by atoms with van der Waals surface area (Å²) in [5.74, 6) is 2.56. The number of rotatable bonds is 4. The van der Waals surface area contributed by atoms with Crippen molar-refractivity contribution in [1.82, 2.24) is 4.98 Å². The zero-order valence-corrected chi connectivity index (χ0v) is 11.9. The smallest absolute Gasteiger partial charge is 0.162 e. The van der Waals surface area contributed by atoms with Gasteiger partial charge < -0.3 is 20.1 Å². The first-order valence-corrected chi connectivity index (χ1v) is 6.87. The van der Waals surface area contributed by atoms with Crippen LogP contribution in [0.25, 0.3) is 10.8 Å². The molecule has 3 N–H and O–H groups in total. The molecule has 0 aliphatic carbocycles. The van der Waals surface area contributed by atoms with E-state index in [-0.39, 0.29) is 5.84 Å². The number of benzene rings is 1. The van der Waals surface area contributed by atoms with Crippen LogP contribution in [0, 0.1) is 5.41 Å². The van der Waals surface area contributed by atoms with Gasteiger partial charge in [0.05, 0.1) is 5.84 Å². The molecule has 0 saturated carbocycles. The van der Waals surface area contributed by atoms with E-state index in [1.807, 2.05) is 30.1 Å². The first-order valence-electron chi connectivity index (χ1n) is 6.87. The molecular formula is C15H18N4O2. The van der Waals surface area contributed by atoms with Crippen molar-refractivity contribution >= 4 is 22.4 Å². The van der Waals surface area contributed by atoms with Crippen molar-refractivity contribution in [3.63, 3.8) is 0 Å². The number of anilines is 1. The molecule has 2 heterocycles. The van der Waals surface area contributed by atoms with Crippen molar-refractivity contribution in [3.8, 4) is 11.5 Å². The summed E-state index contributed by atoms with van der Waals surface area (Å²) in [5, 5.41) is 9.39. The van der Waals surface area contributed by atoms with Crippen molar-refractivity contribution < 1.29 is 9.47 Å². The number of aromatic nitrogens is 1. The summed E-state index contributed by atoms with van der Waals surface area (Å²) in [6.45, 7) is 1.79. The summed E-state index contributed by atoms with van der Waals surface area (Å²) < 4.78 is 11.2. The number of nitrogens with zero attached hydrogens (tertiary/aromatic N) is 2. The Kier molecular flexibility index (Phi) is 3.51. The minimum Gasteiger partial charge on any atom is -0.486 e. The van der Waals surface area contributed by atoms with E-state index in [0.29, 0.717) is 26.2 Å². The Morgan fingerprint density at radius 2 is 2.05 bits per heavy atom. The van der Waals surface area contributed by atoms with E-state index >= 15 is 0 Å². The topological polar surface area (TPSA) is 84.5 Å². The van der Waals surface area contributed by atoms with Crippen molar-refractivity contribution in [1.29, 1.82) is 5.41 Å². The molecule has 1 aromatic heterocycles. The molecule has 110 valence electrons. The molecule has 0 bridgehead atoms. The van der Waals surface area contributed by atoms with E-state index in [2.05, 4.69) is 4.98 Å². The minimum absolute atomic E-state index is 0.177. The van der Waals surface area contributed by atoms with Gasteiger partial charge in [-0.1, -0.05) is 0 Å². The lowest BCUT2D eigenvalue weighted by Crippen LogP contribution is -2.24. The third-order valence-electron chi connectivity index (χ3n) is 3.48. The first-order chi connectivity index (χ1) is 10.1. The fourth-order valence-corrected chi connectivity index (χ4v) is 2.39. The molecule has 6 heteroatoms. The van der Waals surface area contributed by atoms with Gasteiger partial charge in [-0.3, -0.25) is 5.41 Å². The van der Waals surface area contributed by atoms with Crippen LogP contribution in [0.2, 0.25) is 0 Å². The van der Waals surface area contributed by atoms with Crippen molar-refractivity contribution in [2.24, 2.45) is 5.73 Å². The Hall–Kier alpha value is -2.50. The number of ether oxygens (including phenoxy) is 2. The number of hydrogen-bond donors (Lipinski definition) is 2. The van der Waals surface area contributed by atoms with E-state index in [4.69, 9.17) is 20.6 Å². The van der Waals surface area contributed by atoms with Crippen LogP contribution in [0.5, 0.6) is 11.5 Å². The zero-order valence-electron chi connectivity index (χ0n) is 11.9. The maximum absolute atomic E-state index is 7.33. The Bertz CT molecular complexity index is 687. The Morgan fingerprint density at radius 1 is 1.33 bits per heavy atom. The summed E-state index contributed by atoms with van der Waals surface area (Å²) >= 11 is 0. The Balaban J connectivity index is 2.00. The molecule has 0 unspecified atom stereocenters. The monoisotopic (exact) mass is 286 g/mol. The second-order valence-corrected chi connectivity index (χ2v) is 5.05. The van der Waals surface area contributed by atoms with Gasteiger partial charge in [-0.2, -0.15) is 0 Å². The second-order valence-electron chi connectivity index (χ2n) is 5.05. The lowest BCUT2D eigenvalue weighted by molar-refractivity contribution is 0.172. The average molecular weight is 286 g/mol. The van der Waals surface area contributed by atoms with Gasteiger partial charge in [0, 0.05) is 31.6 Å². The lowest BCUT2D eigenvalue weighted by atomic mass is 10.1. The maximum atomic E-state index is 7.33. The van der Waals surface area contributed by atoms with Crippen LogP contribution in [-0.2, 0) is 0 Å². The number of nitrogens with two attached hydrogens (primary N) is 1. The van der Waals surface area contributed by atoms with E-state index in [0.717, 1.165) is 28.1 Å². The summed E-state index contributed by atoms with van der Waals surface area (Å²) in [6.07, 6.45) is 2.29. The Labute approximate surface area is 123 Å². The minimum atomic E-state index is 0.177. The molecule has 0 radical (unpaired) electrons. The fourth-order valence-electron chi connectivity index (χ4n) is 2.39. The van der Waals surface area contributed by atoms with Crippen molar-refractivity contribution in [2.75, 3.05) is 31.7 Å². The zero-order chi connectivity index (χ0) is 14.8. The number of pyridine rings is 1. The number of amidine groups is 1. The van der Waals surface area contributed by atoms with E-state index in [1.54, 1.807) is 6.20 Å². The standard InChI is InChI=1S/C15H18N4O2/c1-19(5-3-14(16)17)15-11-9-13-12(20-6-7-21-13)8-10(11)2-4-18-15/h2,4,8-9H,3,5-7H2,1H3,(H3,16,17). The van der Waals surface area contributed by atoms with Gasteiger partial charge >= 0.3 is 0 Å². The summed E-state index contributed by atoms with van der Waals surface area (Å²) in [7, 11) is 1.95. The molecule has 0 atom stereocenters. The molecule has 6 nitrogen and oxygen atoms in total. The highest BCUT2D eigenvalue weighted by Gasteiger charge is 2.16. The van der Waals surface area contributed by atoms with Crippen LogP contribution in [0.3, 0.4) is 0 Å². The largest absolute Gasteiger partial charge is 0.486 e. The summed E-state index contributed by atoms with van der Waals surface area (Å²) in [6, 6.07) is 5.90. The van der Waals surface area contributed by atoms with Crippen LogP contribution in [0.15, 0.2) is 24.4 Å². The van der Waals surface area contributed by atoms with Gasteiger partial charge in [0.15, 0.2) is 11.5 Å². The predicted molar refractivity (Wildman–Crippen MR) is 82.5 cm³/mol. The molecule has 3 rings (SSSR count). The van der Waals surface area contributed by atoms with Crippen LogP contribution < -0.4 is 20.1 Å². The SMILES string of the molecule is CN(CCC(=N)N)c1nccc2cc3c(cc12)OCCO3. The normalized spacial score (nSPS) is 13.2. The van der Waals surface area contributed by atoms with Gasteiger partial charge in [-0.25, -0.2) is 4.98 Å². The van der Waals surface area contributed by atoms with Crippen LogP contribution in [0.4, 0.5) is 5.82 Å². The van der Waals surface area contributed by atoms with Crippen LogP contribution in [0.1, 0.15) is 6.42 Å². The number of hydrogen-bond acceptors (Lipinski definition) is 5. The van der Waals surface area contributed by atoms with E-state index < -0.39 is 0 Å². The molecular weight excluding hydrogens is 268 g/mol. The third-order valence-corrected chi connectivity index (χ3v) is 3.48. The molecule has 21 heavy (non-hydrogen) atoms. The molecule has 2 aromatic rings. The van der Waals surface area contributed by atoms with Gasteiger partial charge in [0.25, 0.3) is 0 Å². The fraction of sp³-hybridized carbons (Fsp3) is 0.333. The highest BCUT2D eigenvalue weighted by atomic mass is 16.6. The van der Waals surface area contributed by atoms with Crippen molar-refractivity contribution in [2.45, 2.75) is 6.42 Å². The number of nitrogens with one attached hydrogen (secondary N) is 1. The van der Waals surface area contributed by atoms with Crippen LogP contribution >= 0.6 is 0 Å². The number of fused-ring (bicyclic) bond motifs is 2. The first kappa shape index (κ1) is 13.5. The molecule has 0 fully saturated rings. The third kappa shape index (κ3) is 2.69. The molecule has 1 aromatic carbocycles. The molecule has 0 spiro atoms. The molecule has 0 amide bonds. The lowest BCUT2D eigenvalue weighted by Gasteiger charge is -2.22. The van der Waals surface area contributed by atoms with Gasteiger partial charge in [0.2, 0.25) is 0 Å². The highest BCUT2D eigenvalue weighted by Crippen LogP contribution is 2.37. The summed E-state index contributed by atoms with van der Waals surface area (Å²) in [5.41, 5.74) is 5.42. The van der Waals surface area contributed by atoms with E-state index in [9.17, 15) is 0 Å². The maximum Gasteiger partial charge on any atom is 0.162 e.